The summed E-state index contributed by atoms with van der Waals surface area (Å²) in [6.07, 6.45) is 0. The van der Waals surface area contributed by atoms with Crippen molar-refractivity contribution in [3.05, 3.63) is 60.2 Å². The van der Waals surface area contributed by atoms with Gasteiger partial charge in [-0.15, -0.1) is 11.8 Å². The van der Waals surface area contributed by atoms with Crippen LogP contribution in [0.4, 0.5) is 5.69 Å². The van der Waals surface area contributed by atoms with E-state index in [-0.39, 0.29) is 11.8 Å². The summed E-state index contributed by atoms with van der Waals surface area (Å²) in [7, 11) is 3.44. The number of rotatable bonds is 5. The third-order valence-corrected chi connectivity index (χ3v) is 4.07. The molecule has 0 spiro atoms. The summed E-state index contributed by atoms with van der Waals surface area (Å²) in [5, 5.41) is 2.86. The first-order valence-electron chi connectivity index (χ1n) is 6.86. The molecule has 2 rings (SSSR count). The Bertz CT molecular complexity index is 657. The van der Waals surface area contributed by atoms with Crippen molar-refractivity contribution >= 4 is 29.3 Å². The van der Waals surface area contributed by atoms with Gasteiger partial charge in [0.15, 0.2) is 0 Å². The van der Waals surface area contributed by atoms with Crippen LogP contribution in [0.1, 0.15) is 10.4 Å². The van der Waals surface area contributed by atoms with E-state index in [2.05, 4.69) is 5.32 Å². The molecule has 5 heteroatoms. The van der Waals surface area contributed by atoms with Crippen LogP contribution in [0.15, 0.2) is 59.5 Å². The molecular weight excluding hydrogens is 296 g/mol. The number of nitrogens with zero attached hydrogens (tertiary/aromatic N) is 1. The smallest absolute Gasteiger partial charge is 0.256 e. The molecule has 1 N–H and O–H groups in total. The van der Waals surface area contributed by atoms with Crippen LogP contribution in [0.2, 0.25) is 0 Å². The second-order valence-electron chi connectivity index (χ2n) is 4.89. The Morgan fingerprint density at radius 3 is 2.32 bits per heavy atom. The summed E-state index contributed by atoms with van der Waals surface area (Å²) in [5.41, 5.74) is 1.32. The van der Waals surface area contributed by atoms with Crippen molar-refractivity contribution in [3.63, 3.8) is 0 Å². The molecule has 2 aromatic carbocycles. The van der Waals surface area contributed by atoms with Crippen molar-refractivity contribution in [3.8, 4) is 0 Å². The minimum Gasteiger partial charge on any atom is -0.348 e. The average molecular weight is 314 g/mol. The third-order valence-electron chi connectivity index (χ3n) is 3.01. The Morgan fingerprint density at radius 2 is 1.64 bits per heavy atom. The number of benzene rings is 2. The quantitative estimate of drug-likeness (QED) is 0.863. The van der Waals surface area contributed by atoms with Crippen molar-refractivity contribution < 1.29 is 9.59 Å². The zero-order valence-electron chi connectivity index (χ0n) is 12.6. The van der Waals surface area contributed by atoms with Crippen LogP contribution in [-0.4, -0.2) is 36.6 Å². The van der Waals surface area contributed by atoms with Crippen LogP contribution >= 0.6 is 11.8 Å². The van der Waals surface area contributed by atoms with Crippen LogP contribution < -0.4 is 5.32 Å². The Hall–Kier alpha value is -2.27. The van der Waals surface area contributed by atoms with Crippen LogP contribution in [0, 0.1) is 0 Å². The van der Waals surface area contributed by atoms with Gasteiger partial charge in [0.2, 0.25) is 5.91 Å². The molecule has 0 atom stereocenters. The molecule has 22 heavy (non-hydrogen) atoms. The van der Waals surface area contributed by atoms with Crippen LogP contribution in [0.25, 0.3) is 0 Å². The topological polar surface area (TPSA) is 49.4 Å². The number of para-hydroxylation sites is 1. The number of anilines is 1. The third kappa shape index (κ3) is 4.36. The monoisotopic (exact) mass is 314 g/mol. The van der Waals surface area contributed by atoms with E-state index in [0.717, 1.165) is 10.6 Å². The molecule has 0 saturated heterocycles. The van der Waals surface area contributed by atoms with Gasteiger partial charge in [-0.25, -0.2) is 0 Å². The van der Waals surface area contributed by atoms with E-state index in [9.17, 15) is 9.59 Å². The fraction of sp³-hybridized carbons (Fsp3) is 0.176. The summed E-state index contributed by atoms with van der Waals surface area (Å²) >= 11 is 1.37. The number of amides is 2. The number of nitrogens with one attached hydrogen (secondary N) is 1. The second-order valence-corrected chi connectivity index (χ2v) is 5.91. The molecule has 0 radical (unpaired) electrons. The molecule has 0 aliphatic heterocycles. The molecule has 0 saturated carbocycles. The lowest BCUT2D eigenvalue weighted by molar-refractivity contribution is -0.125. The van der Waals surface area contributed by atoms with Gasteiger partial charge >= 0.3 is 0 Å². The Labute approximate surface area is 134 Å². The highest BCUT2D eigenvalue weighted by Gasteiger charge is 2.13. The largest absolute Gasteiger partial charge is 0.348 e. The van der Waals surface area contributed by atoms with Crippen molar-refractivity contribution in [2.45, 2.75) is 4.90 Å². The van der Waals surface area contributed by atoms with Crippen LogP contribution in [0.3, 0.4) is 0 Å². The molecule has 114 valence electrons. The fourth-order valence-corrected chi connectivity index (χ4v) is 2.80. The molecule has 2 aromatic rings. The maximum Gasteiger partial charge on any atom is 0.256 e. The van der Waals surface area contributed by atoms with E-state index in [4.69, 9.17) is 0 Å². The number of hydrogen-bond donors (Lipinski definition) is 1. The van der Waals surface area contributed by atoms with E-state index in [0.29, 0.717) is 11.3 Å². The van der Waals surface area contributed by atoms with Gasteiger partial charge in [0, 0.05) is 24.7 Å². The molecular formula is C17H18N2O2S. The van der Waals surface area contributed by atoms with E-state index in [1.807, 2.05) is 48.5 Å². The first kappa shape index (κ1) is 16.1. The van der Waals surface area contributed by atoms with Gasteiger partial charge in [-0.2, -0.15) is 0 Å². The molecule has 0 unspecified atom stereocenters. The lowest BCUT2D eigenvalue weighted by Gasteiger charge is -2.12. The predicted octanol–water partition coefficient (Wildman–Crippen LogP) is 3.12. The maximum absolute atomic E-state index is 12.4. The first-order valence-corrected chi connectivity index (χ1v) is 7.85. The van der Waals surface area contributed by atoms with Crippen molar-refractivity contribution in [1.29, 1.82) is 0 Å². The predicted molar refractivity (Wildman–Crippen MR) is 90.3 cm³/mol. The first-order chi connectivity index (χ1) is 10.6. The fourth-order valence-electron chi connectivity index (χ4n) is 1.77. The van der Waals surface area contributed by atoms with Gasteiger partial charge in [0.1, 0.15) is 0 Å². The normalized spacial score (nSPS) is 10.1. The Morgan fingerprint density at radius 1 is 1.00 bits per heavy atom. The number of thioether (sulfide) groups is 1. The van der Waals surface area contributed by atoms with E-state index >= 15 is 0 Å². The summed E-state index contributed by atoms with van der Waals surface area (Å²) in [6, 6.07) is 16.6. The van der Waals surface area contributed by atoms with Crippen LogP contribution in [-0.2, 0) is 4.79 Å². The summed E-state index contributed by atoms with van der Waals surface area (Å²) in [4.78, 5) is 26.4. The highest BCUT2D eigenvalue weighted by molar-refractivity contribution is 8.00. The van der Waals surface area contributed by atoms with Crippen molar-refractivity contribution in [1.82, 2.24) is 4.90 Å². The van der Waals surface area contributed by atoms with Gasteiger partial charge in [-0.05, 0) is 24.3 Å². The van der Waals surface area contributed by atoms with Crippen molar-refractivity contribution in [2.75, 3.05) is 25.2 Å². The summed E-state index contributed by atoms with van der Waals surface area (Å²) in [5.74, 6) is 0.151. The van der Waals surface area contributed by atoms with E-state index in [1.54, 1.807) is 25.1 Å². The SMILES string of the molecule is CN(C)C(=O)CSc1ccccc1C(=O)Nc1ccccc1. The summed E-state index contributed by atoms with van der Waals surface area (Å²) in [6.45, 7) is 0. The summed E-state index contributed by atoms with van der Waals surface area (Å²) < 4.78 is 0. The van der Waals surface area contributed by atoms with Gasteiger partial charge in [0.05, 0.1) is 11.3 Å². The molecule has 0 fully saturated rings. The lowest BCUT2D eigenvalue weighted by Crippen LogP contribution is -2.23. The minimum atomic E-state index is -0.174. The molecule has 0 heterocycles. The van der Waals surface area contributed by atoms with Gasteiger partial charge < -0.3 is 10.2 Å². The number of hydrogen-bond acceptors (Lipinski definition) is 3. The number of carbonyl (C=O) groups is 2. The lowest BCUT2D eigenvalue weighted by atomic mass is 10.2. The highest BCUT2D eigenvalue weighted by atomic mass is 32.2. The second kappa shape index (κ2) is 7.66. The van der Waals surface area contributed by atoms with E-state index < -0.39 is 0 Å². The maximum atomic E-state index is 12.4. The molecule has 0 aromatic heterocycles. The van der Waals surface area contributed by atoms with Gasteiger partial charge in [0.25, 0.3) is 5.91 Å². The Kier molecular flexibility index (Phi) is 5.61. The van der Waals surface area contributed by atoms with Gasteiger partial charge in [-0.3, -0.25) is 9.59 Å². The highest BCUT2D eigenvalue weighted by Crippen LogP contribution is 2.23. The zero-order chi connectivity index (χ0) is 15.9. The number of carbonyl (C=O) groups excluding carboxylic acids is 2. The minimum absolute atomic E-state index is 0.0169. The van der Waals surface area contributed by atoms with Crippen molar-refractivity contribution in [2.24, 2.45) is 0 Å². The average Bonchev–Trinajstić information content (AvgIpc) is 2.53. The molecule has 4 nitrogen and oxygen atoms in total. The van der Waals surface area contributed by atoms with Crippen LogP contribution in [0.5, 0.6) is 0 Å². The molecule has 0 bridgehead atoms. The van der Waals surface area contributed by atoms with Gasteiger partial charge in [-0.1, -0.05) is 30.3 Å². The Balaban J connectivity index is 2.10. The van der Waals surface area contributed by atoms with E-state index in [1.165, 1.54) is 11.8 Å². The molecule has 2 amide bonds. The molecule has 0 aliphatic carbocycles. The standard InChI is InChI=1S/C17H18N2O2S/c1-19(2)16(20)12-22-15-11-7-6-10-14(15)17(21)18-13-8-4-3-5-9-13/h3-11H,12H2,1-2H3,(H,18,21). The zero-order valence-corrected chi connectivity index (χ0v) is 13.4. The molecule has 0 aliphatic rings.